The lowest BCUT2D eigenvalue weighted by Crippen LogP contribution is -1.99. The van der Waals surface area contributed by atoms with Crippen molar-refractivity contribution in [2.75, 3.05) is 0 Å². The number of fused-ring (bicyclic) bond motifs is 1. The van der Waals surface area contributed by atoms with E-state index < -0.39 is 11.6 Å². The molecule has 98 valence electrons. The van der Waals surface area contributed by atoms with E-state index in [1.54, 1.807) is 4.57 Å². The molecular weight excluding hydrogens is 252 g/mol. The minimum absolute atomic E-state index is 0.330. The first-order valence-corrected chi connectivity index (χ1v) is 5.77. The van der Waals surface area contributed by atoms with Gasteiger partial charge in [0, 0.05) is 12.1 Å². The van der Waals surface area contributed by atoms with Gasteiger partial charge in [0.2, 0.25) is 5.89 Å². The highest BCUT2D eigenvalue weighted by atomic mass is 19.2. The highest BCUT2D eigenvalue weighted by Crippen LogP contribution is 2.19. The lowest BCUT2D eigenvalue weighted by Gasteiger charge is -2.01. The van der Waals surface area contributed by atoms with E-state index in [1.807, 2.05) is 13.8 Å². The molecule has 0 aliphatic rings. The van der Waals surface area contributed by atoms with Crippen molar-refractivity contribution in [2.24, 2.45) is 0 Å². The van der Waals surface area contributed by atoms with E-state index >= 15 is 0 Å². The van der Waals surface area contributed by atoms with Crippen molar-refractivity contribution in [3.63, 3.8) is 0 Å². The number of benzene rings is 1. The number of halogens is 2. The Morgan fingerprint density at radius 1 is 1.21 bits per heavy atom. The minimum Gasteiger partial charge on any atom is -0.444 e. The van der Waals surface area contributed by atoms with E-state index in [-0.39, 0.29) is 0 Å². The van der Waals surface area contributed by atoms with E-state index in [9.17, 15) is 8.78 Å². The molecule has 0 aliphatic heterocycles. The molecule has 2 aromatic heterocycles. The fourth-order valence-corrected chi connectivity index (χ4v) is 1.93. The van der Waals surface area contributed by atoms with Gasteiger partial charge in [0.1, 0.15) is 12.3 Å². The second kappa shape index (κ2) is 4.15. The number of hydrogen-bond acceptors (Lipinski definition) is 3. The number of oxazole rings is 1. The first kappa shape index (κ1) is 11.8. The first-order valence-electron chi connectivity index (χ1n) is 5.77. The molecule has 4 nitrogen and oxygen atoms in total. The molecule has 0 fully saturated rings. The zero-order valence-electron chi connectivity index (χ0n) is 10.4. The number of aryl methyl sites for hydroxylation is 2. The van der Waals surface area contributed by atoms with Crippen LogP contribution in [-0.4, -0.2) is 14.5 Å². The number of aromatic nitrogens is 3. The van der Waals surface area contributed by atoms with E-state index in [0.29, 0.717) is 23.5 Å². The van der Waals surface area contributed by atoms with Crippen LogP contribution in [0, 0.1) is 25.5 Å². The van der Waals surface area contributed by atoms with Gasteiger partial charge in [0.15, 0.2) is 11.6 Å². The highest BCUT2D eigenvalue weighted by Gasteiger charge is 2.12. The Morgan fingerprint density at radius 2 is 1.95 bits per heavy atom. The Bertz CT molecular complexity index is 741. The summed E-state index contributed by atoms with van der Waals surface area (Å²) in [4.78, 5) is 8.28. The van der Waals surface area contributed by atoms with Crippen LogP contribution in [0.2, 0.25) is 0 Å². The van der Waals surface area contributed by atoms with Gasteiger partial charge in [-0.25, -0.2) is 18.7 Å². The summed E-state index contributed by atoms with van der Waals surface area (Å²) in [5.41, 5.74) is 1.72. The van der Waals surface area contributed by atoms with Gasteiger partial charge in [-0.3, -0.25) is 0 Å². The predicted octanol–water partition coefficient (Wildman–Crippen LogP) is 2.97. The van der Waals surface area contributed by atoms with Crippen molar-refractivity contribution in [1.29, 1.82) is 0 Å². The molecule has 19 heavy (non-hydrogen) atoms. The third-order valence-electron chi connectivity index (χ3n) is 3.04. The highest BCUT2D eigenvalue weighted by molar-refractivity contribution is 5.75. The molecule has 0 amide bonds. The van der Waals surface area contributed by atoms with Gasteiger partial charge >= 0.3 is 0 Å². The summed E-state index contributed by atoms with van der Waals surface area (Å²) in [7, 11) is 0. The quantitative estimate of drug-likeness (QED) is 0.714. The molecular formula is C13H11F2N3O. The third-order valence-corrected chi connectivity index (χ3v) is 3.04. The maximum Gasteiger partial charge on any atom is 0.214 e. The fraction of sp³-hybridized carbons (Fsp3) is 0.231. The normalized spacial score (nSPS) is 11.4. The smallest absolute Gasteiger partial charge is 0.214 e. The monoisotopic (exact) mass is 263 g/mol. The third kappa shape index (κ3) is 1.99. The molecule has 2 heterocycles. The second-order valence-electron chi connectivity index (χ2n) is 4.38. The van der Waals surface area contributed by atoms with Crippen LogP contribution in [0.15, 0.2) is 22.9 Å². The SMILES string of the molecule is Cc1nc(Cn2cnc3cc(F)c(F)cc32)oc1C. The van der Waals surface area contributed by atoms with Crippen molar-refractivity contribution in [2.45, 2.75) is 20.4 Å². The lowest BCUT2D eigenvalue weighted by molar-refractivity contribution is 0.459. The van der Waals surface area contributed by atoms with Crippen molar-refractivity contribution < 1.29 is 13.2 Å². The molecule has 0 radical (unpaired) electrons. The molecule has 0 spiro atoms. The van der Waals surface area contributed by atoms with Gasteiger partial charge in [-0.15, -0.1) is 0 Å². The van der Waals surface area contributed by atoms with Gasteiger partial charge in [0.25, 0.3) is 0 Å². The van der Waals surface area contributed by atoms with Crippen molar-refractivity contribution in [1.82, 2.24) is 14.5 Å². The number of rotatable bonds is 2. The molecule has 3 rings (SSSR count). The second-order valence-corrected chi connectivity index (χ2v) is 4.38. The Balaban J connectivity index is 2.03. The van der Waals surface area contributed by atoms with Crippen LogP contribution >= 0.6 is 0 Å². The maximum absolute atomic E-state index is 13.3. The van der Waals surface area contributed by atoms with Gasteiger partial charge in [0.05, 0.1) is 23.1 Å². The van der Waals surface area contributed by atoms with Crippen LogP contribution in [0.1, 0.15) is 17.3 Å². The molecule has 0 bridgehead atoms. The molecule has 0 N–H and O–H groups in total. The summed E-state index contributed by atoms with van der Waals surface area (Å²) < 4.78 is 33.5. The molecule has 0 atom stereocenters. The molecule has 0 unspecified atom stereocenters. The Kier molecular flexibility index (Phi) is 2.58. The summed E-state index contributed by atoms with van der Waals surface area (Å²) >= 11 is 0. The van der Waals surface area contributed by atoms with Crippen LogP contribution in [0.4, 0.5) is 8.78 Å². The van der Waals surface area contributed by atoms with Crippen LogP contribution < -0.4 is 0 Å². The van der Waals surface area contributed by atoms with Crippen LogP contribution in [0.5, 0.6) is 0 Å². The van der Waals surface area contributed by atoms with E-state index in [1.165, 1.54) is 6.33 Å². The summed E-state index contributed by atoms with van der Waals surface area (Å²) in [5, 5.41) is 0. The van der Waals surface area contributed by atoms with E-state index in [2.05, 4.69) is 9.97 Å². The Hall–Kier alpha value is -2.24. The average Bonchev–Trinajstić information content (AvgIpc) is 2.86. The zero-order valence-corrected chi connectivity index (χ0v) is 10.4. The van der Waals surface area contributed by atoms with E-state index in [0.717, 1.165) is 23.6 Å². The van der Waals surface area contributed by atoms with Gasteiger partial charge in [-0.05, 0) is 13.8 Å². The standard InChI is InChI=1S/C13H11F2N3O/c1-7-8(2)19-13(17-7)5-18-6-16-11-3-9(14)10(15)4-12(11)18/h3-4,6H,5H2,1-2H3. The lowest BCUT2D eigenvalue weighted by atomic mass is 10.3. The zero-order chi connectivity index (χ0) is 13.6. The van der Waals surface area contributed by atoms with Crippen molar-refractivity contribution in [3.8, 4) is 0 Å². The summed E-state index contributed by atoms with van der Waals surface area (Å²) in [6, 6.07) is 2.20. The van der Waals surface area contributed by atoms with Crippen LogP contribution in [0.3, 0.4) is 0 Å². The topological polar surface area (TPSA) is 43.9 Å². The van der Waals surface area contributed by atoms with Crippen molar-refractivity contribution >= 4 is 11.0 Å². The summed E-state index contributed by atoms with van der Waals surface area (Å²) in [6.45, 7) is 4.01. The summed E-state index contributed by atoms with van der Waals surface area (Å²) in [5.74, 6) is -0.537. The Labute approximate surface area is 107 Å². The molecule has 3 aromatic rings. The molecule has 0 saturated heterocycles. The largest absolute Gasteiger partial charge is 0.444 e. The maximum atomic E-state index is 13.3. The minimum atomic E-state index is -0.902. The van der Waals surface area contributed by atoms with Gasteiger partial charge < -0.3 is 8.98 Å². The number of imidazole rings is 1. The first-order chi connectivity index (χ1) is 9.04. The number of nitrogens with zero attached hydrogens (tertiary/aromatic N) is 3. The van der Waals surface area contributed by atoms with Crippen molar-refractivity contribution in [3.05, 3.63) is 47.4 Å². The molecule has 0 aliphatic carbocycles. The van der Waals surface area contributed by atoms with Crippen LogP contribution in [0.25, 0.3) is 11.0 Å². The van der Waals surface area contributed by atoms with Gasteiger partial charge in [-0.1, -0.05) is 0 Å². The van der Waals surface area contributed by atoms with Crippen LogP contribution in [-0.2, 0) is 6.54 Å². The fourth-order valence-electron chi connectivity index (χ4n) is 1.93. The Morgan fingerprint density at radius 3 is 2.63 bits per heavy atom. The molecule has 0 saturated carbocycles. The van der Waals surface area contributed by atoms with E-state index in [4.69, 9.17) is 4.42 Å². The molecule has 1 aromatic carbocycles. The molecule has 6 heteroatoms. The average molecular weight is 263 g/mol. The number of hydrogen-bond donors (Lipinski definition) is 0. The predicted molar refractivity (Wildman–Crippen MR) is 64.7 cm³/mol. The van der Waals surface area contributed by atoms with Gasteiger partial charge in [-0.2, -0.15) is 0 Å². The summed E-state index contributed by atoms with van der Waals surface area (Å²) in [6.07, 6.45) is 1.51.